The highest BCUT2D eigenvalue weighted by Gasteiger charge is 2.31. The van der Waals surface area contributed by atoms with E-state index in [0.717, 1.165) is 12.8 Å². The standard InChI is InChI=1S/C12H16N2O4/c1-6(5-9(15)16)13-11(17)10-7(2)14-12(18-10)8-3-4-8/h6,8H,3-5H2,1-2H3,(H,13,17)(H,15,16). The molecule has 6 nitrogen and oxygen atoms in total. The van der Waals surface area contributed by atoms with Gasteiger partial charge in [0.05, 0.1) is 12.1 Å². The second-order valence-electron chi connectivity index (χ2n) is 4.71. The van der Waals surface area contributed by atoms with Crippen LogP contribution in [0.4, 0.5) is 0 Å². The molecule has 1 aliphatic carbocycles. The molecule has 0 radical (unpaired) electrons. The number of nitrogens with one attached hydrogen (secondary N) is 1. The zero-order valence-corrected chi connectivity index (χ0v) is 10.4. The van der Waals surface area contributed by atoms with Crippen molar-refractivity contribution < 1.29 is 19.1 Å². The van der Waals surface area contributed by atoms with Crippen LogP contribution in [0.25, 0.3) is 0 Å². The smallest absolute Gasteiger partial charge is 0.305 e. The number of rotatable bonds is 5. The summed E-state index contributed by atoms with van der Waals surface area (Å²) in [4.78, 5) is 26.6. The summed E-state index contributed by atoms with van der Waals surface area (Å²) < 4.78 is 5.44. The summed E-state index contributed by atoms with van der Waals surface area (Å²) in [5.41, 5.74) is 0.553. The van der Waals surface area contributed by atoms with E-state index in [4.69, 9.17) is 9.52 Å². The average Bonchev–Trinajstić information content (AvgIpc) is 3.01. The number of aliphatic carboxylic acids is 1. The first-order valence-electron chi connectivity index (χ1n) is 5.97. The van der Waals surface area contributed by atoms with Crippen molar-refractivity contribution in [2.45, 2.75) is 45.1 Å². The number of carbonyl (C=O) groups excluding carboxylic acids is 1. The molecule has 6 heteroatoms. The molecule has 0 aliphatic heterocycles. The largest absolute Gasteiger partial charge is 0.481 e. The predicted octanol–water partition coefficient (Wildman–Crippen LogP) is 1.45. The van der Waals surface area contributed by atoms with Gasteiger partial charge in [-0.05, 0) is 26.7 Å². The molecule has 1 atom stereocenters. The number of oxazole rings is 1. The molecule has 2 N–H and O–H groups in total. The normalized spacial score (nSPS) is 16.3. The van der Waals surface area contributed by atoms with Crippen molar-refractivity contribution >= 4 is 11.9 Å². The lowest BCUT2D eigenvalue weighted by molar-refractivity contribution is -0.137. The Hall–Kier alpha value is -1.85. The van der Waals surface area contributed by atoms with Crippen molar-refractivity contribution in [3.05, 3.63) is 17.3 Å². The molecule has 1 saturated carbocycles. The fourth-order valence-electron chi connectivity index (χ4n) is 1.74. The van der Waals surface area contributed by atoms with E-state index in [0.29, 0.717) is 17.5 Å². The summed E-state index contributed by atoms with van der Waals surface area (Å²) in [6, 6.07) is -0.441. The van der Waals surface area contributed by atoms with Gasteiger partial charge in [0.15, 0.2) is 5.89 Å². The minimum absolute atomic E-state index is 0.117. The molecule has 18 heavy (non-hydrogen) atoms. The van der Waals surface area contributed by atoms with Crippen LogP contribution in [-0.4, -0.2) is 28.0 Å². The number of nitrogens with zero attached hydrogens (tertiary/aromatic N) is 1. The van der Waals surface area contributed by atoms with E-state index in [-0.39, 0.29) is 12.2 Å². The first-order chi connectivity index (χ1) is 8.47. The van der Waals surface area contributed by atoms with Gasteiger partial charge in [0.25, 0.3) is 5.91 Å². The van der Waals surface area contributed by atoms with Crippen LogP contribution in [0.1, 0.15) is 54.2 Å². The van der Waals surface area contributed by atoms with E-state index in [1.54, 1.807) is 13.8 Å². The monoisotopic (exact) mass is 252 g/mol. The minimum Gasteiger partial charge on any atom is -0.481 e. The molecule has 1 unspecified atom stereocenters. The highest BCUT2D eigenvalue weighted by molar-refractivity contribution is 5.92. The first kappa shape index (κ1) is 12.6. The number of amides is 1. The van der Waals surface area contributed by atoms with Gasteiger partial charge in [-0.15, -0.1) is 0 Å². The molecule has 1 heterocycles. The van der Waals surface area contributed by atoms with Crippen LogP contribution < -0.4 is 5.32 Å². The molecule has 1 fully saturated rings. The number of aryl methyl sites for hydroxylation is 1. The molecule has 1 aromatic heterocycles. The van der Waals surface area contributed by atoms with Gasteiger partial charge < -0.3 is 14.8 Å². The number of carbonyl (C=O) groups is 2. The second-order valence-corrected chi connectivity index (χ2v) is 4.71. The Balaban J connectivity index is 2.01. The molecule has 1 amide bonds. The maximum absolute atomic E-state index is 11.9. The topological polar surface area (TPSA) is 92.4 Å². The van der Waals surface area contributed by atoms with Gasteiger partial charge in [-0.3, -0.25) is 9.59 Å². The predicted molar refractivity (Wildman–Crippen MR) is 62.4 cm³/mol. The lowest BCUT2D eigenvalue weighted by Crippen LogP contribution is -2.34. The summed E-state index contributed by atoms with van der Waals surface area (Å²) in [7, 11) is 0. The van der Waals surface area contributed by atoms with E-state index in [2.05, 4.69) is 10.3 Å². The third kappa shape index (κ3) is 2.88. The summed E-state index contributed by atoms with van der Waals surface area (Å²) in [5.74, 6) is -0.198. The van der Waals surface area contributed by atoms with Gasteiger partial charge in [0, 0.05) is 12.0 Å². The summed E-state index contributed by atoms with van der Waals surface area (Å²) >= 11 is 0. The zero-order chi connectivity index (χ0) is 13.3. The van der Waals surface area contributed by atoms with E-state index in [9.17, 15) is 9.59 Å². The number of aromatic nitrogens is 1. The summed E-state index contributed by atoms with van der Waals surface area (Å²) in [5, 5.41) is 11.2. The Bertz CT molecular complexity index is 476. The number of carboxylic acid groups (broad SMARTS) is 1. The van der Waals surface area contributed by atoms with E-state index in [1.165, 1.54) is 0 Å². The number of carboxylic acids is 1. The van der Waals surface area contributed by atoms with Crippen LogP contribution in [0.5, 0.6) is 0 Å². The molecule has 0 bridgehead atoms. The van der Waals surface area contributed by atoms with Crippen LogP contribution >= 0.6 is 0 Å². The minimum atomic E-state index is -0.948. The van der Waals surface area contributed by atoms with Crippen LogP contribution in [0.2, 0.25) is 0 Å². The van der Waals surface area contributed by atoms with E-state index < -0.39 is 17.9 Å². The second kappa shape index (κ2) is 4.80. The Labute approximate surface area is 104 Å². The SMILES string of the molecule is Cc1nc(C2CC2)oc1C(=O)NC(C)CC(=O)O. The lowest BCUT2D eigenvalue weighted by Gasteiger charge is -2.09. The molecular formula is C12H16N2O4. The van der Waals surface area contributed by atoms with Crippen molar-refractivity contribution in [2.24, 2.45) is 0 Å². The summed E-state index contributed by atoms with van der Waals surface area (Å²) in [6.07, 6.45) is 1.99. The molecule has 1 aromatic rings. The van der Waals surface area contributed by atoms with Gasteiger partial charge in [-0.1, -0.05) is 0 Å². The van der Waals surface area contributed by atoms with Gasteiger partial charge >= 0.3 is 5.97 Å². The highest BCUT2D eigenvalue weighted by Crippen LogP contribution is 2.40. The van der Waals surface area contributed by atoms with Crippen molar-refractivity contribution in [1.82, 2.24) is 10.3 Å². The number of hydrogen-bond donors (Lipinski definition) is 2. The Morgan fingerprint density at radius 1 is 1.56 bits per heavy atom. The Morgan fingerprint density at radius 2 is 2.22 bits per heavy atom. The highest BCUT2D eigenvalue weighted by atomic mass is 16.4. The Kier molecular flexibility index (Phi) is 3.36. The van der Waals surface area contributed by atoms with Crippen LogP contribution in [-0.2, 0) is 4.79 Å². The van der Waals surface area contributed by atoms with Gasteiger partial charge in [-0.2, -0.15) is 0 Å². The fourth-order valence-corrected chi connectivity index (χ4v) is 1.74. The maximum atomic E-state index is 11.9. The van der Waals surface area contributed by atoms with Crippen LogP contribution in [0.15, 0.2) is 4.42 Å². The van der Waals surface area contributed by atoms with Crippen molar-refractivity contribution in [2.75, 3.05) is 0 Å². The molecule has 0 spiro atoms. The van der Waals surface area contributed by atoms with Gasteiger partial charge in [-0.25, -0.2) is 4.98 Å². The molecule has 98 valence electrons. The Morgan fingerprint density at radius 3 is 2.78 bits per heavy atom. The average molecular weight is 252 g/mol. The van der Waals surface area contributed by atoms with Crippen LogP contribution in [0, 0.1) is 6.92 Å². The molecule has 1 aliphatic rings. The summed E-state index contributed by atoms with van der Waals surface area (Å²) in [6.45, 7) is 3.35. The van der Waals surface area contributed by atoms with E-state index in [1.807, 2.05) is 0 Å². The molecule has 0 aromatic carbocycles. The van der Waals surface area contributed by atoms with Crippen molar-refractivity contribution in [1.29, 1.82) is 0 Å². The van der Waals surface area contributed by atoms with E-state index >= 15 is 0 Å². The molecule has 0 saturated heterocycles. The van der Waals surface area contributed by atoms with Crippen molar-refractivity contribution in [3.8, 4) is 0 Å². The maximum Gasteiger partial charge on any atom is 0.305 e. The first-order valence-corrected chi connectivity index (χ1v) is 5.97. The lowest BCUT2D eigenvalue weighted by atomic mass is 10.2. The van der Waals surface area contributed by atoms with Crippen LogP contribution in [0.3, 0.4) is 0 Å². The quantitative estimate of drug-likeness (QED) is 0.827. The molecular weight excluding hydrogens is 236 g/mol. The molecule has 2 rings (SSSR count). The third-order valence-corrected chi connectivity index (χ3v) is 2.80. The van der Waals surface area contributed by atoms with Gasteiger partial charge in [0.1, 0.15) is 0 Å². The number of hydrogen-bond acceptors (Lipinski definition) is 4. The zero-order valence-electron chi connectivity index (χ0n) is 10.4. The third-order valence-electron chi connectivity index (χ3n) is 2.80. The fraction of sp³-hybridized carbons (Fsp3) is 0.583. The van der Waals surface area contributed by atoms with Gasteiger partial charge in [0.2, 0.25) is 5.76 Å². The van der Waals surface area contributed by atoms with Crippen molar-refractivity contribution in [3.63, 3.8) is 0 Å².